The van der Waals surface area contributed by atoms with Crippen molar-refractivity contribution in [2.75, 3.05) is 13.7 Å². The van der Waals surface area contributed by atoms with Crippen molar-refractivity contribution >= 4 is 0 Å². The number of nitrogens with two attached hydrogens (primary N) is 1. The van der Waals surface area contributed by atoms with Crippen LogP contribution in [-0.4, -0.2) is 13.7 Å². The highest BCUT2D eigenvalue weighted by atomic mass is 16.5. The maximum Gasteiger partial charge on any atom is 0.0531 e. The third-order valence-corrected chi connectivity index (χ3v) is 2.52. The number of benzene rings is 1. The van der Waals surface area contributed by atoms with Gasteiger partial charge in [-0.2, -0.15) is 0 Å². The summed E-state index contributed by atoms with van der Waals surface area (Å²) < 4.78 is 5.17. The number of hydrogen-bond acceptors (Lipinski definition) is 2. The minimum atomic E-state index is -0.0316. The van der Waals surface area contributed by atoms with E-state index in [2.05, 4.69) is 26.0 Å². The predicted octanol–water partition coefficient (Wildman–Crippen LogP) is 2.36. The van der Waals surface area contributed by atoms with Crippen LogP contribution in [-0.2, 0) is 4.74 Å². The Kier molecular flexibility index (Phi) is 3.67. The van der Waals surface area contributed by atoms with E-state index in [4.69, 9.17) is 10.5 Å². The number of hydrogen-bond donors (Lipinski definition) is 1. The fourth-order valence-electron chi connectivity index (χ4n) is 1.57. The van der Waals surface area contributed by atoms with Gasteiger partial charge in [-0.1, -0.05) is 44.2 Å². The van der Waals surface area contributed by atoms with Gasteiger partial charge in [-0.05, 0) is 5.56 Å². The zero-order valence-corrected chi connectivity index (χ0v) is 9.16. The van der Waals surface area contributed by atoms with Crippen LogP contribution < -0.4 is 5.73 Å². The lowest BCUT2D eigenvalue weighted by molar-refractivity contribution is 0.0854. The van der Waals surface area contributed by atoms with Crippen molar-refractivity contribution in [2.24, 2.45) is 11.1 Å². The number of rotatable bonds is 4. The quantitative estimate of drug-likeness (QED) is 0.796. The van der Waals surface area contributed by atoms with Gasteiger partial charge in [0.2, 0.25) is 0 Å². The Morgan fingerprint density at radius 2 is 1.86 bits per heavy atom. The summed E-state index contributed by atoms with van der Waals surface area (Å²) in [5, 5.41) is 0. The molecular formula is C12H19NO. The van der Waals surface area contributed by atoms with Crippen LogP contribution in [0.15, 0.2) is 30.3 Å². The van der Waals surface area contributed by atoms with Crippen LogP contribution in [0.25, 0.3) is 0 Å². The summed E-state index contributed by atoms with van der Waals surface area (Å²) in [6.45, 7) is 4.91. The molecule has 2 nitrogen and oxygen atoms in total. The molecule has 0 aromatic heterocycles. The summed E-state index contributed by atoms with van der Waals surface area (Å²) in [6, 6.07) is 10.2. The van der Waals surface area contributed by atoms with Gasteiger partial charge in [0.15, 0.2) is 0 Å². The monoisotopic (exact) mass is 193 g/mol. The second-order valence-corrected chi connectivity index (χ2v) is 4.31. The Hall–Kier alpha value is -0.860. The van der Waals surface area contributed by atoms with Crippen LogP contribution in [0.5, 0.6) is 0 Å². The van der Waals surface area contributed by atoms with Gasteiger partial charge in [0.1, 0.15) is 0 Å². The summed E-state index contributed by atoms with van der Waals surface area (Å²) in [6.07, 6.45) is 0. The Balaban J connectivity index is 2.79. The molecule has 1 rings (SSSR count). The van der Waals surface area contributed by atoms with Gasteiger partial charge in [0.25, 0.3) is 0 Å². The van der Waals surface area contributed by atoms with Gasteiger partial charge in [-0.15, -0.1) is 0 Å². The van der Waals surface area contributed by atoms with Crippen LogP contribution >= 0.6 is 0 Å². The molecule has 1 aromatic rings. The molecule has 0 aliphatic rings. The van der Waals surface area contributed by atoms with Crippen molar-refractivity contribution in [1.29, 1.82) is 0 Å². The molecule has 0 radical (unpaired) electrons. The Bertz CT molecular complexity index is 269. The normalized spacial score (nSPS) is 14.0. The molecule has 0 aliphatic heterocycles. The smallest absolute Gasteiger partial charge is 0.0531 e. The highest BCUT2D eigenvalue weighted by Gasteiger charge is 2.27. The Morgan fingerprint density at radius 3 is 2.36 bits per heavy atom. The molecule has 0 amide bonds. The second kappa shape index (κ2) is 4.58. The van der Waals surface area contributed by atoms with Gasteiger partial charge in [0, 0.05) is 18.6 Å². The van der Waals surface area contributed by atoms with E-state index in [-0.39, 0.29) is 11.5 Å². The molecule has 0 fully saturated rings. The lowest BCUT2D eigenvalue weighted by Crippen LogP contribution is -2.33. The summed E-state index contributed by atoms with van der Waals surface area (Å²) in [4.78, 5) is 0. The van der Waals surface area contributed by atoms with Crippen LogP contribution in [0.3, 0.4) is 0 Å². The van der Waals surface area contributed by atoms with Crippen LogP contribution in [0.1, 0.15) is 25.5 Å². The lowest BCUT2D eigenvalue weighted by atomic mass is 9.82. The van der Waals surface area contributed by atoms with E-state index in [1.165, 1.54) is 0 Å². The van der Waals surface area contributed by atoms with Crippen molar-refractivity contribution in [3.63, 3.8) is 0 Å². The highest BCUT2D eigenvalue weighted by molar-refractivity contribution is 5.20. The molecule has 0 saturated heterocycles. The molecule has 2 heteroatoms. The minimum absolute atomic E-state index is 0.0173. The van der Waals surface area contributed by atoms with Crippen molar-refractivity contribution in [3.05, 3.63) is 35.9 Å². The van der Waals surface area contributed by atoms with E-state index in [0.717, 1.165) is 5.56 Å². The first-order valence-electron chi connectivity index (χ1n) is 4.87. The number of methoxy groups -OCH3 is 1. The van der Waals surface area contributed by atoms with Gasteiger partial charge in [-0.25, -0.2) is 0 Å². The van der Waals surface area contributed by atoms with Gasteiger partial charge >= 0.3 is 0 Å². The third kappa shape index (κ3) is 2.56. The first-order chi connectivity index (χ1) is 6.58. The molecular weight excluding hydrogens is 174 g/mol. The van der Waals surface area contributed by atoms with Crippen LogP contribution in [0.4, 0.5) is 0 Å². The predicted molar refractivity (Wildman–Crippen MR) is 59.0 cm³/mol. The molecule has 0 aliphatic carbocycles. The summed E-state index contributed by atoms with van der Waals surface area (Å²) in [7, 11) is 1.71. The second-order valence-electron chi connectivity index (χ2n) is 4.31. The van der Waals surface area contributed by atoms with E-state index < -0.39 is 0 Å². The van der Waals surface area contributed by atoms with Crippen LogP contribution in [0.2, 0.25) is 0 Å². The minimum Gasteiger partial charge on any atom is -0.384 e. The summed E-state index contributed by atoms with van der Waals surface area (Å²) in [5.41, 5.74) is 7.31. The summed E-state index contributed by atoms with van der Waals surface area (Å²) >= 11 is 0. The standard InChI is InChI=1S/C12H19NO/c1-12(2,9-14-3)11(13)10-7-5-4-6-8-10/h4-8,11H,9,13H2,1-3H3. The maximum atomic E-state index is 6.18. The SMILES string of the molecule is COCC(C)(C)C(N)c1ccccc1. The van der Waals surface area contributed by atoms with Crippen LogP contribution in [0, 0.1) is 5.41 Å². The third-order valence-electron chi connectivity index (χ3n) is 2.52. The van der Waals surface area contributed by atoms with Gasteiger partial charge < -0.3 is 10.5 Å². The maximum absolute atomic E-state index is 6.18. The molecule has 0 heterocycles. The highest BCUT2D eigenvalue weighted by Crippen LogP contribution is 2.30. The largest absolute Gasteiger partial charge is 0.384 e. The summed E-state index contributed by atoms with van der Waals surface area (Å²) in [5.74, 6) is 0. The molecule has 1 aromatic carbocycles. The molecule has 14 heavy (non-hydrogen) atoms. The lowest BCUT2D eigenvalue weighted by Gasteiger charge is -2.31. The van der Waals surface area contributed by atoms with Crippen molar-refractivity contribution < 1.29 is 4.74 Å². The van der Waals surface area contributed by atoms with E-state index in [9.17, 15) is 0 Å². The Labute approximate surface area is 86.1 Å². The Morgan fingerprint density at radius 1 is 1.29 bits per heavy atom. The van der Waals surface area contributed by atoms with E-state index in [1.54, 1.807) is 7.11 Å². The fourth-order valence-corrected chi connectivity index (χ4v) is 1.57. The van der Waals surface area contributed by atoms with E-state index in [1.807, 2.05) is 18.2 Å². The van der Waals surface area contributed by atoms with Crippen molar-refractivity contribution in [2.45, 2.75) is 19.9 Å². The average molecular weight is 193 g/mol. The molecule has 0 saturated carbocycles. The molecule has 2 N–H and O–H groups in total. The molecule has 1 unspecified atom stereocenters. The molecule has 0 bridgehead atoms. The van der Waals surface area contributed by atoms with E-state index in [0.29, 0.717) is 6.61 Å². The van der Waals surface area contributed by atoms with E-state index >= 15 is 0 Å². The topological polar surface area (TPSA) is 35.2 Å². The first-order valence-corrected chi connectivity index (χ1v) is 4.87. The van der Waals surface area contributed by atoms with Crippen molar-refractivity contribution in [3.8, 4) is 0 Å². The molecule has 78 valence electrons. The molecule has 1 atom stereocenters. The fraction of sp³-hybridized carbons (Fsp3) is 0.500. The average Bonchev–Trinajstić information content (AvgIpc) is 2.18. The number of ether oxygens (including phenoxy) is 1. The first kappa shape index (κ1) is 11.2. The van der Waals surface area contributed by atoms with Gasteiger partial charge in [-0.3, -0.25) is 0 Å². The van der Waals surface area contributed by atoms with Gasteiger partial charge in [0.05, 0.1) is 6.61 Å². The van der Waals surface area contributed by atoms with Crippen molar-refractivity contribution in [1.82, 2.24) is 0 Å². The zero-order chi connectivity index (χ0) is 10.6. The molecule has 0 spiro atoms. The zero-order valence-electron chi connectivity index (χ0n) is 9.16.